The summed E-state index contributed by atoms with van der Waals surface area (Å²) in [7, 11) is 0. The van der Waals surface area contributed by atoms with E-state index in [1.165, 1.54) is 24.3 Å². The highest BCUT2D eigenvalue weighted by molar-refractivity contribution is 5.94. The van der Waals surface area contributed by atoms with Gasteiger partial charge < -0.3 is 10.2 Å². The number of hydrogen-bond acceptors (Lipinski definition) is 2. The van der Waals surface area contributed by atoms with E-state index in [4.69, 9.17) is 0 Å². The van der Waals surface area contributed by atoms with Crippen LogP contribution in [0.3, 0.4) is 0 Å². The molecule has 5 heteroatoms. The van der Waals surface area contributed by atoms with Crippen molar-refractivity contribution in [1.82, 2.24) is 10.2 Å². The average Bonchev–Trinajstić information content (AvgIpc) is 3.09. The number of hydrogen-bond donors (Lipinski definition) is 1. The average molecular weight is 340 g/mol. The van der Waals surface area contributed by atoms with Crippen molar-refractivity contribution in [3.05, 3.63) is 71.5 Å². The molecule has 1 atom stereocenters. The van der Waals surface area contributed by atoms with Crippen LogP contribution in [0.4, 0.5) is 4.39 Å². The van der Waals surface area contributed by atoms with Gasteiger partial charge in [0.15, 0.2) is 0 Å². The highest BCUT2D eigenvalue weighted by atomic mass is 19.1. The number of rotatable bonds is 5. The number of nitrogens with zero attached hydrogens (tertiary/aromatic N) is 1. The van der Waals surface area contributed by atoms with E-state index in [0.29, 0.717) is 31.6 Å². The van der Waals surface area contributed by atoms with Gasteiger partial charge in [-0.05, 0) is 42.2 Å². The molecule has 2 aromatic carbocycles. The van der Waals surface area contributed by atoms with Gasteiger partial charge in [-0.2, -0.15) is 0 Å². The van der Waals surface area contributed by atoms with Gasteiger partial charge in [0.25, 0.3) is 5.91 Å². The molecule has 1 heterocycles. The number of likely N-dealkylation sites (tertiary alicyclic amines) is 1. The molecule has 0 radical (unpaired) electrons. The van der Waals surface area contributed by atoms with Crippen LogP contribution in [0.1, 0.15) is 28.8 Å². The molecule has 1 aliphatic rings. The lowest BCUT2D eigenvalue weighted by Crippen LogP contribution is -2.30. The minimum Gasteiger partial charge on any atom is -0.352 e. The van der Waals surface area contributed by atoms with Crippen LogP contribution in [-0.4, -0.2) is 29.8 Å². The van der Waals surface area contributed by atoms with Crippen molar-refractivity contribution >= 4 is 11.8 Å². The lowest BCUT2D eigenvalue weighted by molar-refractivity contribution is -0.122. The molecule has 1 aliphatic heterocycles. The van der Waals surface area contributed by atoms with Crippen molar-refractivity contribution in [2.45, 2.75) is 19.4 Å². The fraction of sp³-hybridized carbons (Fsp3) is 0.300. The predicted octanol–water partition coefficient (Wildman–Crippen LogP) is 2.99. The summed E-state index contributed by atoms with van der Waals surface area (Å²) in [6.45, 7) is 1.71. The van der Waals surface area contributed by atoms with Crippen LogP contribution in [-0.2, 0) is 11.3 Å². The third kappa shape index (κ3) is 4.66. The molecule has 1 saturated heterocycles. The van der Waals surface area contributed by atoms with E-state index in [1.807, 2.05) is 30.3 Å². The van der Waals surface area contributed by atoms with E-state index < -0.39 is 0 Å². The normalized spacial score (nSPS) is 16.7. The molecule has 4 nitrogen and oxygen atoms in total. The second-order valence-electron chi connectivity index (χ2n) is 6.38. The Bertz CT molecular complexity index is 731. The van der Waals surface area contributed by atoms with E-state index in [9.17, 15) is 14.0 Å². The Labute approximate surface area is 146 Å². The van der Waals surface area contributed by atoms with Crippen molar-refractivity contribution in [3.63, 3.8) is 0 Å². The Morgan fingerprint density at radius 3 is 2.52 bits per heavy atom. The fourth-order valence-electron chi connectivity index (χ4n) is 3.09. The van der Waals surface area contributed by atoms with Gasteiger partial charge in [-0.1, -0.05) is 30.3 Å². The summed E-state index contributed by atoms with van der Waals surface area (Å²) in [5.41, 5.74) is 1.55. The van der Waals surface area contributed by atoms with Gasteiger partial charge in [-0.3, -0.25) is 9.59 Å². The summed E-state index contributed by atoms with van der Waals surface area (Å²) >= 11 is 0. The molecule has 1 unspecified atom stereocenters. The van der Waals surface area contributed by atoms with Gasteiger partial charge in [-0.15, -0.1) is 0 Å². The molecule has 0 bridgehead atoms. The highest BCUT2D eigenvalue weighted by Crippen LogP contribution is 2.21. The third-order valence-electron chi connectivity index (χ3n) is 4.47. The van der Waals surface area contributed by atoms with Crippen molar-refractivity contribution in [2.24, 2.45) is 5.92 Å². The van der Waals surface area contributed by atoms with Gasteiger partial charge in [0.1, 0.15) is 5.82 Å². The number of nitrogens with one attached hydrogen (secondary N) is 1. The smallest absolute Gasteiger partial charge is 0.253 e. The topological polar surface area (TPSA) is 49.4 Å². The molecule has 0 saturated carbocycles. The quantitative estimate of drug-likeness (QED) is 0.910. The van der Waals surface area contributed by atoms with Crippen LogP contribution >= 0.6 is 0 Å². The van der Waals surface area contributed by atoms with Gasteiger partial charge in [-0.25, -0.2) is 4.39 Å². The van der Waals surface area contributed by atoms with E-state index >= 15 is 0 Å². The van der Waals surface area contributed by atoms with Crippen LogP contribution < -0.4 is 5.32 Å². The standard InChI is InChI=1S/C20H21FN2O2/c21-18-8-6-17(7-9-18)20(25)23-11-10-16(14-23)12-19(24)22-13-15-4-2-1-3-5-15/h1-9,16H,10-14H2,(H,22,24). The van der Waals surface area contributed by atoms with Crippen LogP contribution in [0.5, 0.6) is 0 Å². The number of halogens is 1. The van der Waals surface area contributed by atoms with Gasteiger partial charge in [0, 0.05) is 31.6 Å². The molecule has 2 amide bonds. The molecule has 1 fully saturated rings. The molecule has 2 aromatic rings. The Morgan fingerprint density at radius 1 is 1.08 bits per heavy atom. The molecular formula is C20H21FN2O2. The van der Waals surface area contributed by atoms with E-state index in [-0.39, 0.29) is 23.5 Å². The zero-order valence-corrected chi connectivity index (χ0v) is 14.0. The van der Waals surface area contributed by atoms with Crippen molar-refractivity contribution in [3.8, 4) is 0 Å². The van der Waals surface area contributed by atoms with Crippen molar-refractivity contribution < 1.29 is 14.0 Å². The number of amides is 2. The molecule has 3 rings (SSSR count). The van der Waals surface area contributed by atoms with Crippen LogP contribution in [0.15, 0.2) is 54.6 Å². The van der Waals surface area contributed by atoms with Gasteiger partial charge in [0.2, 0.25) is 5.91 Å². The first-order valence-electron chi connectivity index (χ1n) is 8.47. The molecule has 25 heavy (non-hydrogen) atoms. The molecular weight excluding hydrogens is 319 g/mol. The lowest BCUT2D eigenvalue weighted by atomic mass is 10.0. The van der Waals surface area contributed by atoms with Crippen LogP contribution in [0.25, 0.3) is 0 Å². The third-order valence-corrected chi connectivity index (χ3v) is 4.47. The summed E-state index contributed by atoms with van der Waals surface area (Å²) < 4.78 is 13.0. The second kappa shape index (κ2) is 7.92. The van der Waals surface area contributed by atoms with Crippen molar-refractivity contribution in [2.75, 3.05) is 13.1 Å². The van der Waals surface area contributed by atoms with Crippen molar-refractivity contribution in [1.29, 1.82) is 0 Å². The highest BCUT2D eigenvalue weighted by Gasteiger charge is 2.28. The van der Waals surface area contributed by atoms with Gasteiger partial charge in [0.05, 0.1) is 0 Å². The number of carbonyl (C=O) groups is 2. The second-order valence-corrected chi connectivity index (χ2v) is 6.38. The summed E-state index contributed by atoms with van der Waals surface area (Å²) in [6.07, 6.45) is 1.23. The number of carbonyl (C=O) groups excluding carboxylic acids is 2. The van der Waals surface area contributed by atoms with Crippen LogP contribution in [0.2, 0.25) is 0 Å². The summed E-state index contributed by atoms with van der Waals surface area (Å²) in [5.74, 6) is -0.289. The first kappa shape index (κ1) is 17.1. The Morgan fingerprint density at radius 2 is 1.80 bits per heavy atom. The van der Waals surface area contributed by atoms with Gasteiger partial charge >= 0.3 is 0 Å². The zero-order valence-electron chi connectivity index (χ0n) is 14.0. The Kier molecular flexibility index (Phi) is 5.43. The molecule has 0 aliphatic carbocycles. The maximum Gasteiger partial charge on any atom is 0.253 e. The minimum absolute atomic E-state index is 0.00457. The first-order valence-corrected chi connectivity index (χ1v) is 8.47. The molecule has 0 aromatic heterocycles. The molecule has 0 spiro atoms. The molecule has 1 N–H and O–H groups in total. The Hall–Kier alpha value is -2.69. The largest absolute Gasteiger partial charge is 0.352 e. The minimum atomic E-state index is -0.356. The van der Waals surface area contributed by atoms with E-state index in [2.05, 4.69) is 5.32 Å². The predicted molar refractivity (Wildman–Crippen MR) is 93.3 cm³/mol. The lowest BCUT2D eigenvalue weighted by Gasteiger charge is -2.16. The van der Waals surface area contributed by atoms with E-state index in [1.54, 1.807) is 4.90 Å². The number of benzene rings is 2. The monoisotopic (exact) mass is 340 g/mol. The van der Waals surface area contributed by atoms with Crippen LogP contribution in [0, 0.1) is 11.7 Å². The SMILES string of the molecule is O=C(CC1CCN(C(=O)c2ccc(F)cc2)C1)NCc1ccccc1. The summed E-state index contributed by atoms with van der Waals surface area (Å²) in [4.78, 5) is 26.2. The maximum atomic E-state index is 13.0. The molecule has 130 valence electrons. The zero-order chi connectivity index (χ0) is 17.6. The van der Waals surface area contributed by atoms with E-state index in [0.717, 1.165) is 12.0 Å². The fourth-order valence-corrected chi connectivity index (χ4v) is 3.09. The maximum absolute atomic E-state index is 13.0. The Balaban J connectivity index is 1.46. The summed E-state index contributed by atoms with van der Waals surface area (Å²) in [6, 6.07) is 15.3. The summed E-state index contributed by atoms with van der Waals surface area (Å²) in [5, 5.41) is 2.92. The first-order chi connectivity index (χ1) is 12.1.